The number of hydrazone groups is 1. The van der Waals surface area contributed by atoms with Crippen molar-refractivity contribution >= 4 is 59.2 Å². The summed E-state index contributed by atoms with van der Waals surface area (Å²) in [5.74, 6) is 0.193. The van der Waals surface area contributed by atoms with Gasteiger partial charge in [0.2, 0.25) is 16.1 Å². The molecule has 25 heavy (non-hydrogen) atoms. The second-order valence-electron chi connectivity index (χ2n) is 5.20. The number of anilines is 2. The standard InChI is InChI=1S/C16H9N7S2/c17-9-14-20-22(15-18-10-5-1-3-7-12(10)24-15)23(21-14)16-19-11-6-2-4-8-13(11)25-16/h1-8H,(H,20,21). The average molecular weight is 363 g/mol. The van der Waals surface area contributed by atoms with E-state index in [1.165, 1.54) is 22.7 Å². The third kappa shape index (κ3) is 2.27. The number of hydrazine groups is 2. The van der Waals surface area contributed by atoms with Crippen molar-refractivity contribution in [3.63, 3.8) is 0 Å². The number of fused-ring (bicyclic) bond motifs is 2. The van der Waals surface area contributed by atoms with E-state index in [4.69, 9.17) is 0 Å². The Morgan fingerprint density at radius 1 is 0.880 bits per heavy atom. The topological polar surface area (TPSA) is 80.4 Å². The van der Waals surface area contributed by atoms with Crippen molar-refractivity contribution in [2.24, 2.45) is 5.10 Å². The van der Waals surface area contributed by atoms with E-state index in [9.17, 15) is 5.26 Å². The number of aromatic nitrogens is 2. The SMILES string of the molecule is N#CC1=NN(c2nc3ccccc3s2)N(c2nc3ccccc3s2)N1. The third-order valence-corrected chi connectivity index (χ3v) is 5.63. The predicted octanol–water partition coefficient (Wildman–Crippen LogP) is 3.49. The minimum Gasteiger partial charge on any atom is -0.248 e. The van der Waals surface area contributed by atoms with E-state index in [1.54, 1.807) is 10.2 Å². The zero-order valence-electron chi connectivity index (χ0n) is 12.6. The molecule has 2 aromatic carbocycles. The van der Waals surface area contributed by atoms with Crippen molar-refractivity contribution in [3.8, 4) is 6.07 Å². The number of hydrogen-bond donors (Lipinski definition) is 1. The zero-order valence-corrected chi connectivity index (χ0v) is 14.3. The molecule has 3 heterocycles. The first kappa shape index (κ1) is 14.2. The first-order chi connectivity index (χ1) is 12.3. The minimum atomic E-state index is 0.193. The van der Waals surface area contributed by atoms with Gasteiger partial charge >= 0.3 is 0 Å². The molecule has 1 aliphatic rings. The smallest absolute Gasteiger partial charge is 0.247 e. The maximum atomic E-state index is 9.24. The van der Waals surface area contributed by atoms with Gasteiger partial charge in [-0.3, -0.25) is 0 Å². The summed E-state index contributed by atoms with van der Waals surface area (Å²) in [7, 11) is 0. The second kappa shape index (κ2) is 5.41. The van der Waals surface area contributed by atoms with Gasteiger partial charge in [-0.2, -0.15) is 5.26 Å². The van der Waals surface area contributed by atoms with Crippen LogP contribution in [0.4, 0.5) is 10.3 Å². The molecule has 7 nitrogen and oxygen atoms in total. The highest BCUT2D eigenvalue weighted by atomic mass is 32.1. The predicted molar refractivity (Wildman–Crippen MR) is 100 cm³/mol. The van der Waals surface area contributed by atoms with E-state index < -0.39 is 0 Å². The van der Waals surface area contributed by atoms with E-state index in [0.717, 1.165) is 20.4 Å². The number of benzene rings is 2. The number of para-hydroxylation sites is 2. The molecule has 0 radical (unpaired) electrons. The fourth-order valence-electron chi connectivity index (χ4n) is 2.51. The number of amidine groups is 1. The molecule has 0 saturated carbocycles. The first-order valence-corrected chi connectivity index (χ1v) is 9.02. The van der Waals surface area contributed by atoms with E-state index in [1.807, 2.05) is 54.6 Å². The number of rotatable bonds is 2. The van der Waals surface area contributed by atoms with Gasteiger partial charge in [0.15, 0.2) is 0 Å². The number of hydrogen-bond acceptors (Lipinski definition) is 9. The van der Waals surface area contributed by atoms with Crippen molar-refractivity contribution in [2.75, 3.05) is 10.2 Å². The van der Waals surface area contributed by atoms with Crippen molar-refractivity contribution in [1.29, 1.82) is 5.26 Å². The molecule has 9 heteroatoms. The van der Waals surface area contributed by atoms with Gasteiger partial charge in [-0.25, -0.2) is 15.4 Å². The van der Waals surface area contributed by atoms with Gasteiger partial charge in [0, 0.05) is 0 Å². The molecule has 2 aromatic heterocycles. The van der Waals surface area contributed by atoms with Gasteiger partial charge in [-0.05, 0) is 24.3 Å². The normalized spacial score (nSPS) is 14.0. The summed E-state index contributed by atoms with van der Waals surface area (Å²) in [5.41, 5.74) is 4.77. The van der Waals surface area contributed by atoms with Crippen molar-refractivity contribution in [1.82, 2.24) is 15.4 Å². The monoisotopic (exact) mass is 363 g/mol. The Labute approximate surface area is 150 Å². The van der Waals surface area contributed by atoms with Gasteiger partial charge in [-0.15, -0.1) is 15.3 Å². The summed E-state index contributed by atoms with van der Waals surface area (Å²) >= 11 is 3.02. The van der Waals surface area contributed by atoms with Gasteiger partial charge in [0.25, 0.3) is 0 Å². The van der Waals surface area contributed by atoms with Gasteiger partial charge in [0.1, 0.15) is 6.07 Å². The Morgan fingerprint density at radius 3 is 2.12 bits per heavy atom. The molecule has 1 N–H and O–H groups in total. The van der Waals surface area contributed by atoms with Crippen LogP contribution in [0.5, 0.6) is 0 Å². The largest absolute Gasteiger partial charge is 0.248 e. The summed E-state index contributed by atoms with van der Waals surface area (Å²) in [6.07, 6.45) is 0. The number of nitrogens with zero attached hydrogens (tertiary/aromatic N) is 6. The van der Waals surface area contributed by atoms with Crippen LogP contribution in [0, 0.1) is 11.3 Å². The van der Waals surface area contributed by atoms with Crippen LogP contribution < -0.4 is 15.7 Å². The highest BCUT2D eigenvalue weighted by molar-refractivity contribution is 7.23. The first-order valence-electron chi connectivity index (χ1n) is 7.38. The Balaban J connectivity index is 1.61. The van der Waals surface area contributed by atoms with Crippen molar-refractivity contribution in [3.05, 3.63) is 48.5 Å². The highest BCUT2D eigenvalue weighted by Gasteiger charge is 2.30. The van der Waals surface area contributed by atoms with Crippen molar-refractivity contribution < 1.29 is 0 Å². The van der Waals surface area contributed by atoms with Crippen LogP contribution in [-0.2, 0) is 0 Å². The van der Waals surface area contributed by atoms with Crippen LogP contribution in [0.2, 0.25) is 0 Å². The fourth-order valence-corrected chi connectivity index (χ4v) is 4.33. The van der Waals surface area contributed by atoms with Crippen LogP contribution in [-0.4, -0.2) is 15.8 Å². The Morgan fingerprint density at radius 2 is 1.48 bits per heavy atom. The molecule has 0 amide bonds. The summed E-state index contributed by atoms with van der Waals surface area (Å²) in [5, 5.41) is 18.2. The van der Waals surface area contributed by atoms with Gasteiger partial charge in [0.05, 0.1) is 20.4 Å². The van der Waals surface area contributed by atoms with E-state index >= 15 is 0 Å². The molecule has 0 spiro atoms. The van der Waals surface area contributed by atoms with Crippen LogP contribution >= 0.6 is 22.7 Å². The zero-order chi connectivity index (χ0) is 16.8. The van der Waals surface area contributed by atoms with Crippen LogP contribution in [0.3, 0.4) is 0 Å². The molecule has 5 rings (SSSR count). The molecule has 4 aromatic rings. The molecular weight excluding hydrogens is 354 g/mol. The molecule has 0 bridgehead atoms. The van der Waals surface area contributed by atoms with E-state index in [-0.39, 0.29) is 5.84 Å². The van der Waals surface area contributed by atoms with Crippen molar-refractivity contribution in [2.45, 2.75) is 0 Å². The number of nitrogens with one attached hydrogen (secondary N) is 1. The summed E-state index contributed by atoms with van der Waals surface area (Å²) in [6.45, 7) is 0. The second-order valence-corrected chi connectivity index (χ2v) is 7.22. The summed E-state index contributed by atoms with van der Waals surface area (Å²) < 4.78 is 2.12. The third-order valence-electron chi connectivity index (χ3n) is 3.62. The van der Waals surface area contributed by atoms with Crippen LogP contribution in [0.15, 0.2) is 53.6 Å². The highest BCUT2D eigenvalue weighted by Crippen LogP contribution is 2.35. The molecule has 0 aliphatic carbocycles. The number of nitriles is 1. The molecule has 0 saturated heterocycles. The quantitative estimate of drug-likeness (QED) is 0.587. The molecule has 0 fully saturated rings. The van der Waals surface area contributed by atoms with Crippen LogP contribution in [0.25, 0.3) is 20.4 Å². The maximum Gasteiger partial charge on any atom is 0.247 e. The Hall–Kier alpha value is -3.22. The lowest BCUT2D eigenvalue weighted by atomic mass is 10.3. The fraction of sp³-hybridized carbons (Fsp3) is 0. The van der Waals surface area contributed by atoms with E-state index in [2.05, 4.69) is 20.5 Å². The lowest BCUT2D eigenvalue weighted by Gasteiger charge is -2.22. The molecule has 1 aliphatic heterocycles. The summed E-state index contributed by atoms with van der Waals surface area (Å²) in [4.78, 5) is 9.24. The average Bonchev–Trinajstić information content (AvgIpc) is 3.35. The molecular formula is C16H9N7S2. The van der Waals surface area contributed by atoms with E-state index in [0.29, 0.717) is 10.3 Å². The molecule has 0 unspecified atom stereocenters. The van der Waals surface area contributed by atoms with Gasteiger partial charge < -0.3 is 0 Å². The lowest BCUT2D eigenvalue weighted by Crippen LogP contribution is -2.44. The maximum absolute atomic E-state index is 9.24. The number of thiazole rings is 2. The molecule has 0 atom stereocenters. The minimum absolute atomic E-state index is 0.193. The lowest BCUT2D eigenvalue weighted by molar-refractivity contribution is 0.766. The Bertz CT molecular complexity index is 1100. The van der Waals surface area contributed by atoms with Crippen LogP contribution in [0.1, 0.15) is 0 Å². The molecule has 120 valence electrons. The summed E-state index contributed by atoms with van der Waals surface area (Å²) in [6, 6.07) is 17.8. The van der Waals surface area contributed by atoms with Gasteiger partial charge in [-0.1, -0.05) is 46.9 Å². The Kier molecular flexibility index (Phi) is 3.06.